The van der Waals surface area contributed by atoms with Crippen LogP contribution in [-0.2, 0) is 0 Å². The summed E-state index contributed by atoms with van der Waals surface area (Å²) >= 11 is 0. The molecular formula is C19H22O3. The van der Waals surface area contributed by atoms with Crippen molar-refractivity contribution in [1.29, 1.82) is 0 Å². The highest BCUT2D eigenvalue weighted by Crippen LogP contribution is 2.24. The average Bonchev–Trinajstić information content (AvgIpc) is 2.47. The van der Waals surface area contributed by atoms with E-state index in [1.807, 2.05) is 18.2 Å². The molecule has 0 radical (unpaired) electrons. The van der Waals surface area contributed by atoms with Crippen molar-refractivity contribution >= 4 is 11.0 Å². The standard InChI is InChI=1S/C19H22O3/c1-14(2)6-4-7-15(3)12-13-21-17-9-5-8-16-10-11-18(20)22-19(16)17/h5-6,8-12H,4,7,13H2,1-3H3/b15-12+. The van der Waals surface area contributed by atoms with Crippen molar-refractivity contribution in [2.45, 2.75) is 33.6 Å². The first-order chi connectivity index (χ1) is 10.6. The molecule has 0 fully saturated rings. The minimum Gasteiger partial charge on any atom is -0.486 e. The molecule has 3 nitrogen and oxygen atoms in total. The summed E-state index contributed by atoms with van der Waals surface area (Å²) < 4.78 is 11.0. The van der Waals surface area contributed by atoms with Crippen LogP contribution < -0.4 is 10.4 Å². The van der Waals surface area contributed by atoms with E-state index in [0.29, 0.717) is 17.9 Å². The number of rotatable bonds is 6. The van der Waals surface area contributed by atoms with Gasteiger partial charge in [-0.05, 0) is 51.8 Å². The normalized spacial score (nSPS) is 11.5. The highest BCUT2D eigenvalue weighted by molar-refractivity contribution is 5.82. The van der Waals surface area contributed by atoms with Crippen LogP contribution in [-0.4, -0.2) is 6.61 Å². The summed E-state index contributed by atoms with van der Waals surface area (Å²) in [4.78, 5) is 11.4. The molecular weight excluding hydrogens is 276 g/mol. The molecule has 0 N–H and O–H groups in total. The monoisotopic (exact) mass is 298 g/mol. The lowest BCUT2D eigenvalue weighted by Gasteiger charge is -2.06. The Balaban J connectivity index is 2.01. The van der Waals surface area contributed by atoms with Crippen molar-refractivity contribution in [3.05, 3.63) is 64.1 Å². The van der Waals surface area contributed by atoms with Crippen LogP contribution in [0.25, 0.3) is 11.0 Å². The Morgan fingerprint density at radius 3 is 2.73 bits per heavy atom. The molecule has 1 aromatic heterocycles. The van der Waals surface area contributed by atoms with Crippen LogP contribution in [0.15, 0.2) is 62.8 Å². The highest BCUT2D eigenvalue weighted by Gasteiger charge is 2.04. The fourth-order valence-corrected chi connectivity index (χ4v) is 2.14. The predicted molar refractivity (Wildman–Crippen MR) is 90.4 cm³/mol. The van der Waals surface area contributed by atoms with Gasteiger partial charge in [-0.2, -0.15) is 0 Å². The number of para-hydroxylation sites is 1. The van der Waals surface area contributed by atoms with E-state index in [1.54, 1.807) is 6.07 Å². The molecule has 116 valence electrons. The molecule has 2 aromatic rings. The number of ether oxygens (including phenoxy) is 1. The summed E-state index contributed by atoms with van der Waals surface area (Å²) in [5.74, 6) is 0.601. The van der Waals surface area contributed by atoms with Gasteiger partial charge < -0.3 is 9.15 Å². The molecule has 0 unspecified atom stereocenters. The van der Waals surface area contributed by atoms with Gasteiger partial charge in [0, 0.05) is 11.5 Å². The molecule has 0 saturated heterocycles. The van der Waals surface area contributed by atoms with Crippen LogP contribution in [0.1, 0.15) is 33.6 Å². The van der Waals surface area contributed by atoms with Crippen LogP contribution in [0.4, 0.5) is 0 Å². The van der Waals surface area contributed by atoms with E-state index >= 15 is 0 Å². The van der Waals surface area contributed by atoms with Gasteiger partial charge >= 0.3 is 5.63 Å². The number of benzene rings is 1. The van der Waals surface area contributed by atoms with Crippen molar-refractivity contribution in [1.82, 2.24) is 0 Å². The first kappa shape index (κ1) is 16.1. The quantitative estimate of drug-likeness (QED) is 0.564. The van der Waals surface area contributed by atoms with Gasteiger partial charge in [0.05, 0.1) is 0 Å². The maximum atomic E-state index is 11.4. The zero-order chi connectivity index (χ0) is 15.9. The Bertz CT molecular complexity index is 747. The van der Waals surface area contributed by atoms with Crippen molar-refractivity contribution in [2.75, 3.05) is 6.61 Å². The molecule has 0 saturated carbocycles. The largest absolute Gasteiger partial charge is 0.486 e. The number of allylic oxidation sites excluding steroid dienone is 3. The third kappa shape index (κ3) is 4.62. The molecule has 1 heterocycles. The second-order valence-corrected chi connectivity index (χ2v) is 5.61. The number of fused-ring (bicyclic) bond motifs is 1. The van der Waals surface area contributed by atoms with Crippen LogP contribution in [0.3, 0.4) is 0 Å². The van der Waals surface area contributed by atoms with Gasteiger partial charge in [0.15, 0.2) is 11.3 Å². The fourth-order valence-electron chi connectivity index (χ4n) is 2.14. The highest BCUT2D eigenvalue weighted by atomic mass is 16.5. The lowest BCUT2D eigenvalue weighted by Crippen LogP contribution is -1.99. The van der Waals surface area contributed by atoms with Crippen LogP contribution in [0.2, 0.25) is 0 Å². The minimum atomic E-state index is -0.364. The predicted octanol–water partition coefficient (Wildman–Crippen LogP) is 4.86. The molecule has 0 bridgehead atoms. The number of hydrogen-bond acceptors (Lipinski definition) is 3. The second kappa shape index (κ2) is 7.64. The molecule has 2 rings (SSSR count). The Morgan fingerprint density at radius 1 is 1.14 bits per heavy atom. The Kier molecular flexibility index (Phi) is 5.59. The Labute approximate surface area is 130 Å². The summed E-state index contributed by atoms with van der Waals surface area (Å²) in [6.45, 7) is 6.79. The van der Waals surface area contributed by atoms with E-state index in [4.69, 9.17) is 9.15 Å². The fraction of sp³-hybridized carbons (Fsp3) is 0.316. The Morgan fingerprint density at radius 2 is 1.95 bits per heavy atom. The van der Waals surface area contributed by atoms with Gasteiger partial charge in [0.2, 0.25) is 0 Å². The van der Waals surface area contributed by atoms with Crippen LogP contribution >= 0.6 is 0 Å². The number of hydrogen-bond donors (Lipinski definition) is 0. The molecule has 3 heteroatoms. The van der Waals surface area contributed by atoms with E-state index in [1.165, 1.54) is 17.2 Å². The van der Waals surface area contributed by atoms with Crippen molar-refractivity contribution < 1.29 is 9.15 Å². The van der Waals surface area contributed by atoms with Crippen LogP contribution in [0.5, 0.6) is 5.75 Å². The molecule has 0 amide bonds. The molecule has 0 spiro atoms. The molecule has 1 aromatic carbocycles. The first-order valence-electron chi connectivity index (χ1n) is 7.51. The van der Waals surface area contributed by atoms with Gasteiger partial charge in [-0.3, -0.25) is 0 Å². The van der Waals surface area contributed by atoms with Gasteiger partial charge in [-0.1, -0.05) is 29.4 Å². The van der Waals surface area contributed by atoms with E-state index in [2.05, 4.69) is 32.9 Å². The van der Waals surface area contributed by atoms with Crippen molar-refractivity contribution in [2.24, 2.45) is 0 Å². The maximum absolute atomic E-state index is 11.4. The minimum absolute atomic E-state index is 0.364. The summed E-state index contributed by atoms with van der Waals surface area (Å²) in [7, 11) is 0. The third-order valence-corrected chi connectivity index (χ3v) is 3.37. The van der Waals surface area contributed by atoms with Crippen molar-refractivity contribution in [3.63, 3.8) is 0 Å². The van der Waals surface area contributed by atoms with E-state index in [0.717, 1.165) is 18.2 Å². The topological polar surface area (TPSA) is 39.4 Å². The summed E-state index contributed by atoms with van der Waals surface area (Å²) in [5, 5.41) is 0.862. The molecule has 0 aliphatic heterocycles. The van der Waals surface area contributed by atoms with E-state index in [-0.39, 0.29) is 5.63 Å². The van der Waals surface area contributed by atoms with Gasteiger partial charge in [-0.25, -0.2) is 4.79 Å². The van der Waals surface area contributed by atoms with E-state index in [9.17, 15) is 4.79 Å². The lowest BCUT2D eigenvalue weighted by atomic mass is 10.1. The molecule has 22 heavy (non-hydrogen) atoms. The molecule has 0 aliphatic rings. The van der Waals surface area contributed by atoms with Gasteiger partial charge in [0.25, 0.3) is 0 Å². The molecule has 0 aliphatic carbocycles. The SMILES string of the molecule is CC(C)=CCC/C(C)=C/COc1cccc2ccc(=O)oc12. The lowest BCUT2D eigenvalue weighted by molar-refractivity contribution is 0.357. The second-order valence-electron chi connectivity index (χ2n) is 5.61. The van der Waals surface area contributed by atoms with Crippen molar-refractivity contribution in [3.8, 4) is 5.75 Å². The zero-order valence-corrected chi connectivity index (χ0v) is 13.4. The van der Waals surface area contributed by atoms with Crippen LogP contribution in [0, 0.1) is 0 Å². The smallest absolute Gasteiger partial charge is 0.336 e. The van der Waals surface area contributed by atoms with Gasteiger partial charge in [-0.15, -0.1) is 0 Å². The summed E-state index contributed by atoms with van der Waals surface area (Å²) in [6.07, 6.45) is 6.38. The van der Waals surface area contributed by atoms with Gasteiger partial charge in [0.1, 0.15) is 6.61 Å². The molecule has 0 atom stereocenters. The maximum Gasteiger partial charge on any atom is 0.336 e. The van der Waals surface area contributed by atoms with E-state index < -0.39 is 0 Å². The summed E-state index contributed by atoms with van der Waals surface area (Å²) in [6, 6.07) is 8.76. The average molecular weight is 298 g/mol. The zero-order valence-electron chi connectivity index (χ0n) is 13.4. The first-order valence-corrected chi connectivity index (χ1v) is 7.51. The third-order valence-electron chi connectivity index (χ3n) is 3.37. The summed E-state index contributed by atoms with van der Waals surface area (Å²) in [5.41, 5.74) is 2.77. The Hall–Kier alpha value is -2.29.